The van der Waals surface area contributed by atoms with E-state index in [1.54, 1.807) is 12.1 Å². The summed E-state index contributed by atoms with van der Waals surface area (Å²) in [6.45, 7) is 4.76. The number of likely N-dealkylation sites (N-methyl/N-ethyl adjacent to an activating group) is 2. The van der Waals surface area contributed by atoms with Gasteiger partial charge < -0.3 is 51.6 Å². The van der Waals surface area contributed by atoms with Crippen LogP contribution in [0, 0.1) is 0 Å². The van der Waals surface area contributed by atoms with Crippen molar-refractivity contribution in [3.63, 3.8) is 0 Å². The van der Waals surface area contributed by atoms with Crippen LogP contribution in [-0.4, -0.2) is 148 Å². The largest absolute Gasteiger partial charge is 0.494 e. The molecule has 1 aromatic carbocycles. The maximum absolute atomic E-state index is 12.4. The van der Waals surface area contributed by atoms with Crippen molar-refractivity contribution in [2.75, 3.05) is 61.0 Å². The maximum Gasteiger partial charge on any atom is 0.335 e. The average molecular weight is 888 g/mol. The minimum Gasteiger partial charge on any atom is -0.494 e. The van der Waals surface area contributed by atoms with Gasteiger partial charge in [-0.15, -0.1) is 0 Å². The van der Waals surface area contributed by atoms with Crippen LogP contribution in [0.15, 0.2) is 24.3 Å². The summed E-state index contributed by atoms with van der Waals surface area (Å²) in [6, 6.07) is 4.54. The number of benzene rings is 1. The molecule has 0 aromatic heterocycles. The molecule has 0 aliphatic carbocycles. The maximum atomic E-state index is 12.4. The van der Waals surface area contributed by atoms with Gasteiger partial charge in [0, 0.05) is 32.5 Å². The Labute approximate surface area is 377 Å². The second kappa shape index (κ2) is 36.9. The number of nitrogens with zero attached hydrogens (tertiary/aromatic N) is 2. The first-order chi connectivity index (χ1) is 30.0. The van der Waals surface area contributed by atoms with Crippen molar-refractivity contribution in [1.29, 1.82) is 0 Å². The fourth-order valence-corrected chi connectivity index (χ4v) is 6.24. The fraction of sp³-hybridized carbons (Fsp3) is 0.711. The Kier molecular flexibility index (Phi) is 34.2. The van der Waals surface area contributed by atoms with Gasteiger partial charge >= 0.3 is 11.9 Å². The lowest BCUT2D eigenvalue weighted by Crippen LogP contribution is -2.44. The zero-order valence-electron chi connectivity index (χ0n) is 38.7. The number of nitrogens with one attached hydrogen (secondary N) is 4. The van der Waals surface area contributed by atoms with Gasteiger partial charge in [-0.3, -0.25) is 24.1 Å². The summed E-state index contributed by atoms with van der Waals surface area (Å²) in [6.07, 6.45) is 14.7. The number of rotatable bonds is 36. The normalized spacial score (nSPS) is 12.3. The van der Waals surface area contributed by atoms with Gasteiger partial charge in [0.1, 0.15) is 11.8 Å². The zero-order chi connectivity index (χ0) is 47.4. The molecule has 17 nitrogen and oxygen atoms in total. The Morgan fingerprint density at radius 3 is 1.78 bits per heavy atom. The third-order valence-corrected chi connectivity index (χ3v) is 10.0. The minimum absolute atomic E-state index is 0.00385. The molecule has 356 valence electrons. The summed E-state index contributed by atoms with van der Waals surface area (Å²) in [5.74, 6) is -1.87. The molecule has 1 rings (SSSR count). The summed E-state index contributed by atoms with van der Waals surface area (Å²) < 4.78 is 5.62. The highest BCUT2D eigenvalue weighted by atomic mass is 16.5. The highest BCUT2D eigenvalue weighted by Gasteiger charge is 2.21. The van der Waals surface area contributed by atoms with Gasteiger partial charge in [-0.05, 0) is 117 Å². The van der Waals surface area contributed by atoms with E-state index in [0.717, 1.165) is 89.9 Å². The van der Waals surface area contributed by atoms with E-state index in [0.29, 0.717) is 51.4 Å². The van der Waals surface area contributed by atoms with Crippen LogP contribution >= 0.6 is 0 Å². The van der Waals surface area contributed by atoms with Crippen molar-refractivity contribution >= 4 is 49.1 Å². The molecule has 1 aromatic rings. The van der Waals surface area contributed by atoms with Crippen LogP contribution in [0.3, 0.4) is 0 Å². The second-order valence-corrected chi connectivity index (χ2v) is 16.3. The van der Waals surface area contributed by atoms with E-state index in [2.05, 4.69) is 21.3 Å². The number of unbranched alkanes of at least 4 members (excludes halogenated alkanes) is 10. The predicted molar refractivity (Wildman–Crippen MR) is 246 cm³/mol. The number of ether oxygens (including phenoxy) is 1. The second-order valence-electron chi connectivity index (χ2n) is 16.3. The number of aliphatic carboxylic acids is 1. The molecule has 0 aliphatic heterocycles. The molecular formula is C45H78BN7O10. The van der Waals surface area contributed by atoms with Crippen molar-refractivity contribution in [2.24, 2.45) is 5.73 Å². The summed E-state index contributed by atoms with van der Waals surface area (Å²) >= 11 is 0. The number of carboxylic acids is 2. The predicted octanol–water partition coefficient (Wildman–Crippen LogP) is 3.61. The standard InChI is InChI=1S/C27H42N2O7.C18H36BN5O3/c1-2-3-19-28-24(30)18-17-23(27(34)35)29-25(31)12-10-8-6-4-5-7-9-11-20-36-22-15-13-21(14-16-22)26(32)33;1-23(2)13-16(25)21-11-8-6-10-15(24(3)4)18(27)22-12-7-5-9-14(20)17(19)26/h13-16,23H,2-12,17-20H2,1H3,(H,28,30)(H,29,31)(H,32,33)(H,34,35);14-15H,5-13,20H2,1-4H3,(H,21,25)(H,22,27)/t23-;14-,15-/m00/s1. The SMILES string of the molecule is CCCCNC(=O)CC[C@H](NC(=O)CCCCCCCCCCOc1ccc(C(=O)O)cc1)C(=O)O.[B]C(=O)[C@@H](N)CCCCNC(=O)[C@H](CCCCNC(=O)CN(C)C)N(C)C. The van der Waals surface area contributed by atoms with E-state index < -0.39 is 29.7 Å². The van der Waals surface area contributed by atoms with E-state index in [1.165, 1.54) is 12.1 Å². The topological polar surface area (TPSA) is 250 Å². The van der Waals surface area contributed by atoms with Crippen molar-refractivity contribution < 1.29 is 48.5 Å². The van der Waals surface area contributed by atoms with Crippen LogP contribution in [-0.2, 0) is 28.8 Å². The van der Waals surface area contributed by atoms with Gasteiger partial charge in [0.05, 0.1) is 36.5 Å². The number of aromatic carboxylic acids is 1. The van der Waals surface area contributed by atoms with E-state index in [4.69, 9.17) is 23.4 Å². The van der Waals surface area contributed by atoms with Crippen molar-refractivity contribution in [1.82, 2.24) is 31.1 Å². The number of hydrogen-bond donors (Lipinski definition) is 7. The molecule has 63 heavy (non-hydrogen) atoms. The van der Waals surface area contributed by atoms with Crippen molar-refractivity contribution in [2.45, 2.75) is 147 Å². The third-order valence-electron chi connectivity index (χ3n) is 10.0. The molecule has 18 heteroatoms. The minimum atomic E-state index is -1.12. The molecule has 0 aliphatic rings. The van der Waals surface area contributed by atoms with Gasteiger partial charge in [0.15, 0.2) is 7.85 Å². The molecule has 0 bridgehead atoms. The lowest BCUT2D eigenvalue weighted by molar-refractivity contribution is -0.142. The van der Waals surface area contributed by atoms with Gasteiger partial charge in [0.25, 0.3) is 0 Å². The summed E-state index contributed by atoms with van der Waals surface area (Å²) in [5, 5.41) is 29.3. The molecule has 8 N–H and O–H groups in total. The molecule has 2 radical (unpaired) electrons. The van der Waals surface area contributed by atoms with Crippen molar-refractivity contribution in [3.05, 3.63) is 29.8 Å². The van der Waals surface area contributed by atoms with E-state index >= 15 is 0 Å². The molecular weight excluding hydrogens is 809 g/mol. The third kappa shape index (κ3) is 32.7. The number of amides is 4. The molecule has 0 saturated carbocycles. The molecule has 3 atom stereocenters. The number of nitrogens with two attached hydrogens (primary N) is 1. The van der Waals surface area contributed by atoms with Gasteiger partial charge in [-0.1, -0.05) is 51.9 Å². The Balaban J connectivity index is 0.00000127. The van der Waals surface area contributed by atoms with E-state index in [1.807, 2.05) is 44.9 Å². The lowest BCUT2D eigenvalue weighted by atomic mass is 9.92. The van der Waals surface area contributed by atoms with Crippen LogP contribution in [0.25, 0.3) is 0 Å². The first kappa shape index (κ1) is 58.5. The number of hydrogen-bond acceptors (Lipinski definition) is 11. The van der Waals surface area contributed by atoms with Crippen LogP contribution in [0.2, 0.25) is 0 Å². The molecule has 0 heterocycles. The van der Waals surface area contributed by atoms with Gasteiger partial charge in [0.2, 0.25) is 23.6 Å². The zero-order valence-corrected chi connectivity index (χ0v) is 38.7. The first-order valence-electron chi connectivity index (χ1n) is 22.6. The van der Waals surface area contributed by atoms with Crippen LogP contribution < -0.4 is 31.7 Å². The summed E-state index contributed by atoms with van der Waals surface area (Å²) in [5.41, 5.74) is 5.32. The molecule has 0 saturated heterocycles. The Bertz CT molecular complexity index is 1470. The van der Waals surface area contributed by atoms with Gasteiger partial charge in [-0.2, -0.15) is 0 Å². The fourth-order valence-electron chi connectivity index (χ4n) is 6.24. The number of carbonyl (C=O) groups is 7. The van der Waals surface area contributed by atoms with Crippen molar-refractivity contribution in [3.8, 4) is 5.75 Å². The Morgan fingerprint density at radius 1 is 0.667 bits per heavy atom. The van der Waals surface area contributed by atoms with Crippen LogP contribution in [0.5, 0.6) is 5.75 Å². The van der Waals surface area contributed by atoms with E-state index in [9.17, 15) is 38.7 Å². The van der Waals surface area contributed by atoms with Crippen LogP contribution in [0.1, 0.15) is 139 Å². The summed E-state index contributed by atoms with van der Waals surface area (Å²) in [7, 11) is 12.6. The quantitative estimate of drug-likeness (QED) is 0.0376. The number of carboxylic acid groups (broad SMARTS) is 2. The van der Waals surface area contributed by atoms with Crippen LogP contribution in [0.4, 0.5) is 0 Å². The smallest absolute Gasteiger partial charge is 0.335 e. The highest BCUT2D eigenvalue weighted by molar-refractivity contribution is 6.59. The molecule has 0 spiro atoms. The van der Waals surface area contributed by atoms with Gasteiger partial charge in [-0.25, -0.2) is 9.59 Å². The Morgan fingerprint density at radius 2 is 1.22 bits per heavy atom. The first-order valence-corrected chi connectivity index (χ1v) is 22.6. The monoisotopic (exact) mass is 888 g/mol. The number of carbonyl (C=O) groups excluding carboxylic acids is 5. The molecule has 0 fully saturated rings. The highest BCUT2D eigenvalue weighted by Crippen LogP contribution is 2.14. The average Bonchev–Trinajstić information content (AvgIpc) is 3.22. The molecule has 0 unspecified atom stereocenters. The van der Waals surface area contributed by atoms with E-state index in [-0.39, 0.29) is 54.5 Å². The lowest BCUT2D eigenvalue weighted by Gasteiger charge is -2.23. The summed E-state index contributed by atoms with van der Waals surface area (Å²) in [4.78, 5) is 84.6. The molecule has 4 amide bonds. The Hall–Kier alpha value is -4.55.